The predicted octanol–water partition coefficient (Wildman–Crippen LogP) is 3.60. The number of aliphatic hydroxyl groups excluding tert-OH is 1. The van der Waals surface area contributed by atoms with E-state index < -0.39 is 60.6 Å². The number of carboxylic acids is 1. The van der Waals surface area contributed by atoms with Gasteiger partial charge in [0.25, 0.3) is 0 Å². The molecule has 5 aliphatic rings. The molecule has 0 aromatic carbocycles. The van der Waals surface area contributed by atoms with Gasteiger partial charge in [-0.3, -0.25) is 14.6 Å². The highest BCUT2D eigenvalue weighted by atomic mass is 32.1. The zero-order valence-electron chi connectivity index (χ0n) is 26.5. The Morgan fingerprint density at radius 3 is 2.50 bits per heavy atom. The summed E-state index contributed by atoms with van der Waals surface area (Å²) in [6.45, 7) is 14.0. The first-order valence-corrected chi connectivity index (χ1v) is 16.4. The van der Waals surface area contributed by atoms with Gasteiger partial charge in [-0.1, -0.05) is 41.2 Å². The van der Waals surface area contributed by atoms with Gasteiger partial charge in [0.15, 0.2) is 24.9 Å². The Bertz CT molecular complexity index is 1060. The maximum atomic E-state index is 12.8. The number of carbonyl (C=O) groups excluding carboxylic acids is 1. The summed E-state index contributed by atoms with van der Waals surface area (Å²) in [5, 5.41) is 36.6. The molecule has 13 atom stereocenters. The van der Waals surface area contributed by atoms with Gasteiger partial charge < -0.3 is 29.7 Å². The Hall–Kier alpha value is -1.54. The minimum Gasteiger partial charge on any atom is -0.692 e. The lowest BCUT2D eigenvalue weighted by Crippen LogP contribution is -2.61. The minimum atomic E-state index is -0.961. The van der Waals surface area contributed by atoms with Gasteiger partial charge in [-0.05, 0) is 86.0 Å². The summed E-state index contributed by atoms with van der Waals surface area (Å²) in [5.74, 6) is -1.76. The van der Waals surface area contributed by atoms with Crippen molar-refractivity contribution in [2.45, 2.75) is 129 Å². The van der Waals surface area contributed by atoms with E-state index >= 15 is 0 Å². The lowest BCUT2D eigenvalue weighted by molar-refractivity contribution is -0.807. The molecule has 5 fully saturated rings. The van der Waals surface area contributed by atoms with Crippen molar-refractivity contribution in [3.05, 3.63) is 12.2 Å². The van der Waals surface area contributed by atoms with Crippen LogP contribution >= 0.6 is 0 Å². The van der Waals surface area contributed by atoms with E-state index in [1.807, 2.05) is 27.7 Å². The maximum absolute atomic E-state index is 12.8. The summed E-state index contributed by atoms with van der Waals surface area (Å²) in [5.41, 5.74) is 0.312. The summed E-state index contributed by atoms with van der Waals surface area (Å²) >= 11 is 2.83. The zero-order chi connectivity index (χ0) is 32.6. The quantitative estimate of drug-likeness (QED) is 0.124. The molecule has 2 N–H and O–H groups in total. The molecule has 4 saturated carbocycles. The van der Waals surface area contributed by atoms with Crippen LogP contribution in [-0.4, -0.2) is 63.2 Å². The van der Waals surface area contributed by atoms with Crippen LogP contribution in [-0.2, 0) is 46.3 Å². The number of carbonyl (C=O) groups is 2. The third-order valence-corrected chi connectivity index (χ3v) is 11.8. The molecule has 11 nitrogen and oxygen atoms in total. The largest absolute Gasteiger partial charge is 0.692 e. The third kappa shape index (κ3) is 6.24. The molecule has 12 heteroatoms. The summed E-state index contributed by atoms with van der Waals surface area (Å²) in [6.07, 6.45) is 1.88. The van der Waals surface area contributed by atoms with Crippen LogP contribution in [0.3, 0.4) is 0 Å². The Labute approximate surface area is 265 Å². The van der Waals surface area contributed by atoms with Crippen LogP contribution in [0.4, 0.5) is 0 Å². The van der Waals surface area contributed by atoms with E-state index in [0.29, 0.717) is 25.2 Å². The molecule has 44 heavy (non-hydrogen) atoms. The molecular formula is C32H49O11S-. The van der Waals surface area contributed by atoms with Gasteiger partial charge in [0.1, 0.15) is 6.10 Å². The molecular weight excluding hydrogens is 592 g/mol. The number of esters is 1. The van der Waals surface area contributed by atoms with Crippen molar-refractivity contribution in [2.24, 2.45) is 46.3 Å². The molecule has 250 valence electrons. The highest BCUT2D eigenvalue weighted by Crippen LogP contribution is 2.70. The number of carboxylic acid groups (broad SMARTS) is 1. The number of hydrogen-bond donors (Lipinski definition) is 2. The second-order valence-corrected chi connectivity index (χ2v) is 14.5. The molecule has 0 amide bonds. The van der Waals surface area contributed by atoms with Crippen LogP contribution in [0.15, 0.2) is 12.2 Å². The van der Waals surface area contributed by atoms with Crippen LogP contribution in [0.2, 0.25) is 0 Å². The van der Waals surface area contributed by atoms with Crippen molar-refractivity contribution in [3.63, 3.8) is 0 Å². The number of aliphatic hydroxyl groups is 1. The predicted molar refractivity (Wildman–Crippen MR) is 156 cm³/mol. The topological polar surface area (TPSA) is 161 Å². The van der Waals surface area contributed by atoms with E-state index in [1.165, 1.54) is 0 Å². The van der Waals surface area contributed by atoms with Crippen LogP contribution < -0.4 is 5.26 Å². The van der Waals surface area contributed by atoms with E-state index in [4.69, 9.17) is 23.3 Å². The van der Waals surface area contributed by atoms with Gasteiger partial charge in [-0.15, -0.1) is 0 Å². The first kappa shape index (κ1) is 35.3. The van der Waals surface area contributed by atoms with Gasteiger partial charge in [0, 0.05) is 17.8 Å². The van der Waals surface area contributed by atoms with Gasteiger partial charge >= 0.3 is 11.9 Å². The summed E-state index contributed by atoms with van der Waals surface area (Å²) < 4.78 is 26.7. The molecule has 0 aromatic rings. The van der Waals surface area contributed by atoms with E-state index in [1.54, 1.807) is 0 Å². The number of rotatable bonds is 9. The van der Waals surface area contributed by atoms with E-state index in [2.05, 4.69) is 31.1 Å². The molecule has 5 rings (SSSR count). The minimum absolute atomic E-state index is 0.0238. The van der Waals surface area contributed by atoms with Crippen molar-refractivity contribution in [1.82, 2.24) is 0 Å². The average molecular weight is 642 g/mol. The molecule has 1 aliphatic heterocycles. The highest BCUT2D eigenvalue weighted by molar-refractivity contribution is 7.44. The van der Waals surface area contributed by atoms with Crippen LogP contribution in [0.1, 0.15) is 92.4 Å². The lowest BCUT2D eigenvalue weighted by Gasteiger charge is -2.62. The fraction of sp³-hybridized carbons (Fsp3) is 0.875. The fourth-order valence-corrected chi connectivity index (χ4v) is 9.95. The summed E-state index contributed by atoms with van der Waals surface area (Å²) in [6, 6.07) is 0. The van der Waals surface area contributed by atoms with Gasteiger partial charge in [-0.2, -0.15) is 4.21 Å². The normalized spacial score (nSPS) is 44.6. The number of hydrogen-bond acceptors (Lipinski definition) is 11. The molecule has 1 spiro atoms. The maximum Gasteiger partial charge on any atom is 0.306 e. The Morgan fingerprint density at radius 1 is 1.18 bits per heavy atom. The number of aliphatic carboxylic acids is 1. The van der Waals surface area contributed by atoms with Crippen molar-refractivity contribution >= 4 is 24.5 Å². The molecule has 0 aromatic heterocycles. The SMILES string of the molecule is C=C1C2CCC3C4(C)CC(OC5OC(CC)C(OO[O-])[C@H](C)C5OC(=O)CC(C)C)CC(C(=O)O)C4CCC3(C2)C1O.O=S. The van der Waals surface area contributed by atoms with Gasteiger partial charge in [0.2, 0.25) is 0 Å². The summed E-state index contributed by atoms with van der Waals surface area (Å²) in [4.78, 5) is 30.6. The Balaban J connectivity index is 0.00000216. The molecule has 1 saturated heterocycles. The molecule has 0 radical (unpaired) electrons. The first-order valence-electron chi connectivity index (χ1n) is 16.1. The Kier molecular flexibility index (Phi) is 11.3. The van der Waals surface area contributed by atoms with Crippen LogP contribution in [0, 0.1) is 46.3 Å². The lowest BCUT2D eigenvalue weighted by atomic mass is 9.43. The number of ether oxygens (including phenoxy) is 3. The molecule has 1 heterocycles. The molecule has 12 unspecified atom stereocenters. The highest BCUT2D eigenvalue weighted by Gasteiger charge is 2.67. The van der Waals surface area contributed by atoms with Crippen LogP contribution in [0.25, 0.3) is 0 Å². The average Bonchev–Trinajstić information content (AvgIpc) is 3.15. The van der Waals surface area contributed by atoms with Crippen molar-refractivity contribution < 1.29 is 53.4 Å². The Morgan fingerprint density at radius 2 is 1.89 bits per heavy atom. The van der Waals surface area contributed by atoms with Crippen LogP contribution in [0.5, 0.6) is 0 Å². The summed E-state index contributed by atoms with van der Waals surface area (Å²) in [7, 11) is 0. The second-order valence-electron chi connectivity index (χ2n) is 14.5. The van der Waals surface area contributed by atoms with Crippen molar-refractivity contribution in [2.75, 3.05) is 0 Å². The molecule has 4 aliphatic carbocycles. The van der Waals surface area contributed by atoms with Gasteiger partial charge in [-0.25, -0.2) is 4.89 Å². The smallest absolute Gasteiger partial charge is 0.306 e. The van der Waals surface area contributed by atoms with E-state index in [-0.39, 0.29) is 35.0 Å². The van der Waals surface area contributed by atoms with Gasteiger partial charge in [0.05, 0.1) is 24.2 Å². The van der Waals surface area contributed by atoms with E-state index in [9.17, 15) is 25.1 Å². The molecule has 2 bridgehead atoms. The first-order chi connectivity index (χ1) is 20.9. The van der Waals surface area contributed by atoms with Crippen molar-refractivity contribution in [3.8, 4) is 0 Å². The van der Waals surface area contributed by atoms with E-state index in [0.717, 1.165) is 37.7 Å². The third-order valence-electron chi connectivity index (χ3n) is 11.8. The standard InChI is InChI=1S/C32H50O10.OS/c1-7-23-26(41-42-37)18(5)27(40-25(33)12-16(2)3)30(39-23)38-20-13-21(29(35)36)22-10-11-32-14-19(17(4)28(32)34)8-9-24(32)31(22,6)15-20;1-2/h16,18-24,26-28,30,34,37H,4,7-15H2,1-3,5-6H3,(H,35,36);/p-1/t18-,19?,20?,21?,22?,23?,24?,26?,27?,28?,30?,31?,32?;/m0./s1. The zero-order valence-corrected chi connectivity index (χ0v) is 27.3. The number of fused-ring (bicyclic) bond motifs is 3. The fourth-order valence-electron chi connectivity index (χ4n) is 9.95. The van der Waals surface area contributed by atoms with Crippen molar-refractivity contribution in [1.29, 1.82) is 0 Å². The monoisotopic (exact) mass is 641 g/mol. The second kappa shape index (κ2) is 14.1.